The van der Waals surface area contributed by atoms with Crippen LogP contribution in [0.15, 0.2) is 48.5 Å². The van der Waals surface area contributed by atoms with Gasteiger partial charge in [-0.2, -0.15) is 0 Å². The highest BCUT2D eigenvalue weighted by Crippen LogP contribution is 2.28. The number of hydrogen-bond donors (Lipinski definition) is 2. The second-order valence-corrected chi connectivity index (χ2v) is 4.63. The number of carbonyl (C=O) groups is 2. The summed E-state index contributed by atoms with van der Waals surface area (Å²) in [5, 5.41) is 3.58. The van der Waals surface area contributed by atoms with Crippen molar-refractivity contribution in [1.82, 2.24) is 0 Å². The van der Waals surface area contributed by atoms with Crippen LogP contribution in [0, 0.1) is 0 Å². The summed E-state index contributed by atoms with van der Waals surface area (Å²) in [6.07, 6.45) is 0. The Morgan fingerprint density at radius 3 is 2.20 bits per heavy atom. The molecule has 0 atom stereocenters. The largest absolute Gasteiger partial charge is 0.366 e. The van der Waals surface area contributed by atoms with Gasteiger partial charge >= 0.3 is 0 Å². The summed E-state index contributed by atoms with van der Waals surface area (Å²) in [5.74, 6) is -0.915. The quantitative estimate of drug-likeness (QED) is 0.695. The van der Waals surface area contributed by atoms with Gasteiger partial charge in [0.2, 0.25) is 11.8 Å². The summed E-state index contributed by atoms with van der Waals surface area (Å²) in [4.78, 5) is 22.7. The predicted molar refractivity (Wildman–Crippen MR) is 78.5 cm³/mol. The second-order valence-electron chi connectivity index (χ2n) is 4.63. The van der Waals surface area contributed by atoms with E-state index in [1.807, 2.05) is 24.3 Å². The molecule has 2 amide bonds. The third-order valence-corrected chi connectivity index (χ3v) is 3.43. The van der Waals surface area contributed by atoms with Gasteiger partial charge in [0.25, 0.3) is 0 Å². The molecule has 4 N–H and O–H groups in total. The Labute approximate surface area is 115 Å². The summed E-state index contributed by atoms with van der Waals surface area (Å²) in [6.45, 7) is 0. The van der Waals surface area contributed by atoms with Crippen LogP contribution in [-0.4, -0.2) is 11.8 Å². The molecule has 4 heteroatoms. The van der Waals surface area contributed by atoms with E-state index in [9.17, 15) is 9.59 Å². The highest BCUT2D eigenvalue weighted by molar-refractivity contribution is 6.15. The molecule has 3 aromatic carbocycles. The molecule has 4 nitrogen and oxygen atoms in total. The minimum absolute atomic E-state index is 0.455. The Hall–Kier alpha value is -2.88. The molecule has 0 aliphatic rings. The van der Waals surface area contributed by atoms with E-state index in [2.05, 4.69) is 0 Å². The standard InChI is InChI=1S/C16H12N2O2/c17-15(19)10-5-6-11-9(8-10)4-7-13-12(11)2-1-3-14(13)16(18)20/h1-8H,(H2,17,19)(H2,18,20). The lowest BCUT2D eigenvalue weighted by molar-refractivity contribution is 0.0992. The smallest absolute Gasteiger partial charge is 0.249 e. The van der Waals surface area contributed by atoms with E-state index in [-0.39, 0.29) is 0 Å². The minimum atomic E-state index is -0.460. The number of rotatable bonds is 2. The maximum atomic E-state index is 11.5. The van der Waals surface area contributed by atoms with Gasteiger partial charge in [0.15, 0.2) is 0 Å². The Morgan fingerprint density at radius 1 is 0.750 bits per heavy atom. The van der Waals surface area contributed by atoms with Crippen molar-refractivity contribution >= 4 is 33.4 Å². The molecular weight excluding hydrogens is 252 g/mol. The second kappa shape index (κ2) is 4.35. The first-order chi connectivity index (χ1) is 9.58. The fourth-order valence-corrected chi connectivity index (χ4v) is 2.47. The van der Waals surface area contributed by atoms with Crippen molar-refractivity contribution in [2.45, 2.75) is 0 Å². The molecule has 0 bridgehead atoms. The predicted octanol–water partition coefficient (Wildman–Crippen LogP) is 2.19. The maximum absolute atomic E-state index is 11.5. The van der Waals surface area contributed by atoms with E-state index in [1.54, 1.807) is 24.3 Å². The number of amides is 2. The molecule has 0 aliphatic carbocycles. The highest BCUT2D eigenvalue weighted by Gasteiger charge is 2.09. The lowest BCUT2D eigenvalue weighted by Gasteiger charge is -2.07. The summed E-state index contributed by atoms with van der Waals surface area (Å²) < 4.78 is 0. The molecule has 0 radical (unpaired) electrons. The molecule has 0 unspecified atom stereocenters. The Bertz CT molecular complexity index is 869. The number of fused-ring (bicyclic) bond motifs is 3. The number of hydrogen-bond acceptors (Lipinski definition) is 2. The van der Waals surface area contributed by atoms with Crippen LogP contribution in [0.2, 0.25) is 0 Å². The summed E-state index contributed by atoms with van der Waals surface area (Å²) in [5.41, 5.74) is 11.6. The SMILES string of the molecule is NC(=O)c1ccc2c(ccc3c(C(N)=O)cccc32)c1. The van der Waals surface area contributed by atoms with Crippen LogP contribution >= 0.6 is 0 Å². The topological polar surface area (TPSA) is 86.2 Å². The van der Waals surface area contributed by atoms with Gasteiger partial charge in [-0.25, -0.2) is 0 Å². The third-order valence-electron chi connectivity index (χ3n) is 3.43. The Kier molecular flexibility index (Phi) is 2.64. The third kappa shape index (κ3) is 1.78. The number of carbonyl (C=O) groups excluding carboxylic acids is 2. The number of nitrogens with two attached hydrogens (primary N) is 2. The van der Waals surface area contributed by atoms with Crippen molar-refractivity contribution in [2.24, 2.45) is 11.5 Å². The van der Waals surface area contributed by atoms with Gasteiger partial charge < -0.3 is 11.5 Å². The number of benzene rings is 3. The van der Waals surface area contributed by atoms with Gasteiger partial charge in [-0.3, -0.25) is 9.59 Å². The van der Waals surface area contributed by atoms with Crippen molar-refractivity contribution < 1.29 is 9.59 Å². The lowest BCUT2D eigenvalue weighted by atomic mass is 9.97. The fraction of sp³-hybridized carbons (Fsp3) is 0. The van der Waals surface area contributed by atoms with Crippen LogP contribution in [-0.2, 0) is 0 Å². The summed E-state index contributed by atoms with van der Waals surface area (Å²) in [7, 11) is 0. The van der Waals surface area contributed by atoms with Crippen molar-refractivity contribution in [3.63, 3.8) is 0 Å². The summed E-state index contributed by atoms with van der Waals surface area (Å²) in [6, 6.07) is 14.4. The van der Waals surface area contributed by atoms with Gasteiger partial charge in [0, 0.05) is 11.1 Å². The average molecular weight is 264 g/mol. The zero-order valence-electron chi connectivity index (χ0n) is 10.6. The summed E-state index contributed by atoms with van der Waals surface area (Å²) >= 11 is 0. The van der Waals surface area contributed by atoms with Gasteiger partial charge in [-0.05, 0) is 39.7 Å². The van der Waals surface area contributed by atoms with Gasteiger partial charge in [-0.1, -0.05) is 30.3 Å². The number of primary amides is 2. The molecule has 20 heavy (non-hydrogen) atoms. The van der Waals surface area contributed by atoms with E-state index in [0.29, 0.717) is 11.1 Å². The molecule has 0 saturated carbocycles. The molecule has 0 fully saturated rings. The van der Waals surface area contributed by atoms with Crippen molar-refractivity contribution in [1.29, 1.82) is 0 Å². The monoisotopic (exact) mass is 264 g/mol. The molecule has 0 spiro atoms. The van der Waals surface area contributed by atoms with E-state index >= 15 is 0 Å². The normalized spacial score (nSPS) is 10.8. The van der Waals surface area contributed by atoms with Crippen LogP contribution in [0.4, 0.5) is 0 Å². The van der Waals surface area contributed by atoms with Crippen LogP contribution < -0.4 is 11.5 Å². The Morgan fingerprint density at radius 2 is 1.50 bits per heavy atom. The Balaban J connectivity index is 2.40. The van der Waals surface area contributed by atoms with Gasteiger partial charge in [0.1, 0.15) is 0 Å². The van der Waals surface area contributed by atoms with Crippen molar-refractivity contribution in [3.05, 3.63) is 59.7 Å². The molecule has 0 aliphatic heterocycles. The van der Waals surface area contributed by atoms with Crippen LogP contribution in [0.5, 0.6) is 0 Å². The van der Waals surface area contributed by atoms with E-state index in [1.165, 1.54) is 0 Å². The van der Waals surface area contributed by atoms with E-state index < -0.39 is 11.8 Å². The maximum Gasteiger partial charge on any atom is 0.249 e. The van der Waals surface area contributed by atoms with Crippen LogP contribution in [0.3, 0.4) is 0 Å². The van der Waals surface area contributed by atoms with Crippen LogP contribution in [0.1, 0.15) is 20.7 Å². The molecule has 3 aromatic rings. The van der Waals surface area contributed by atoms with Gasteiger partial charge in [-0.15, -0.1) is 0 Å². The zero-order valence-corrected chi connectivity index (χ0v) is 10.6. The van der Waals surface area contributed by atoms with Crippen molar-refractivity contribution in [3.8, 4) is 0 Å². The van der Waals surface area contributed by atoms with Crippen LogP contribution in [0.25, 0.3) is 21.5 Å². The molecule has 0 aromatic heterocycles. The average Bonchev–Trinajstić information content (AvgIpc) is 2.45. The first-order valence-corrected chi connectivity index (χ1v) is 6.13. The minimum Gasteiger partial charge on any atom is -0.366 e. The molecule has 3 rings (SSSR count). The highest BCUT2D eigenvalue weighted by atomic mass is 16.1. The van der Waals surface area contributed by atoms with Gasteiger partial charge in [0.05, 0.1) is 0 Å². The molecule has 98 valence electrons. The molecule has 0 saturated heterocycles. The lowest BCUT2D eigenvalue weighted by Crippen LogP contribution is -2.11. The van der Waals surface area contributed by atoms with E-state index in [0.717, 1.165) is 21.5 Å². The first kappa shape index (κ1) is 12.2. The zero-order chi connectivity index (χ0) is 14.3. The van der Waals surface area contributed by atoms with Crippen molar-refractivity contribution in [2.75, 3.05) is 0 Å². The first-order valence-electron chi connectivity index (χ1n) is 6.13. The fourth-order valence-electron chi connectivity index (χ4n) is 2.47. The molecule has 0 heterocycles. The molecular formula is C16H12N2O2. The van der Waals surface area contributed by atoms with E-state index in [4.69, 9.17) is 11.5 Å².